The quantitative estimate of drug-likeness (QED) is 0.866. The summed E-state index contributed by atoms with van der Waals surface area (Å²) >= 11 is 0. The lowest BCUT2D eigenvalue weighted by atomic mass is 9.81. The van der Waals surface area contributed by atoms with Gasteiger partial charge in [-0.3, -0.25) is 4.79 Å². The van der Waals surface area contributed by atoms with Crippen molar-refractivity contribution >= 4 is 5.91 Å². The Morgan fingerprint density at radius 2 is 1.76 bits per heavy atom. The van der Waals surface area contributed by atoms with Gasteiger partial charge in [0.1, 0.15) is 0 Å². The molecule has 94 valence electrons. The number of carbonyl (C=O) groups excluding carboxylic acids is 1. The van der Waals surface area contributed by atoms with E-state index in [2.05, 4.69) is 13.8 Å². The van der Waals surface area contributed by atoms with Gasteiger partial charge in [0.25, 0.3) is 5.91 Å². The van der Waals surface area contributed by atoms with Crippen LogP contribution < -0.4 is 5.73 Å². The third-order valence-corrected chi connectivity index (χ3v) is 3.09. The molecule has 0 unspecified atom stereocenters. The van der Waals surface area contributed by atoms with Crippen LogP contribution in [0.5, 0.6) is 0 Å². The Labute approximate surface area is 104 Å². The van der Waals surface area contributed by atoms with Crippen molar-refractivity contribution in [3.05, 3.63) is 35.4 Å². The average molecular weight is 234 g/mol. The Bertz CT molecular complexity index is 380. The molecule has 1 aromatic carbocycles. The van der Waals surface area contributed by atoms with E-state index in [0.717, 1.165) is 12.0 Å². The van der Waals surface area contributed by atoms with Crippen molar-refractivity contribution in [3.63, 3.8) is 0 Å². The number of benzene rings is 1. The minimum atomic E-state index is 0.0354. The summed E-state index contributed by atoms with van der Waals surface area (Å²) < 4.78 is 0. The predicted octanol–water partition coefficient (Wildman–Crippen LogP) is 2.01. The first-order valence-corrected chi connectivity index (χ1v) is 5.91. The fourth-order valence-corrected chi connectivity index (χ4v) is 1.83. The van der Waals surface area contributed by atoms with Crippen LogP contribution in [0.4, 0.5) is 0 Å². The van der Waals surface area contributed by atoms with Gasteiger partial charge in [0.05, 0.1) is 0 Å². The first-order chi connectivity index (χ1) is 7.88. The van der Waals surface area contributed by atoms with Gasteiger partial charge in [0, 0.05) is 19.7 Å². The highest BCUT2D eigenvalue weighted by molar-refractivity contribution is 5.93. The maximum absolute atomic E-state index is 11.7. The molecule has 0 aromatic heterocycles. The summed E-state index contributed by atoms with van der Waals surface area (Å²) in [6.45, 7) is 5.01. The third kappa shape index (κ3) is 3.30. The van der Waals surface area contributed by atoms with Gasteiger partial charge in [-0.15, -0.1) is 0 Å². The molecule has 3 heteroatoms. The Balaban J connectivity index is 2.92. The molecule has 1 aromatic rings. The zero-order chi connectivity index (χ0) is 13.1. The van der Waals surface area contributed by atoms with E-state index in [1.807, 2.05) is 24.3 Å². The summed E-state index contributed by atoms with van der Waals surface area (Å²) in [6.07, 6.45) is 0.938. The fraction of sp³-hybridized carbons (Fsp3) is 0.500. The van der Waals surface area contributed by atoms with E-state index in [1.54, 1.807) is 19.0 Å². The monoisotopic (exact) mass is 234 g/mol. The zero-order valence-electron chi connectivity index (χ0n) is 11.2. The molecule has 17 heavy (non-hydrogen) atoms. The van der Waals surface area contributed by atoms with Crippen LogP contribution in [-0.2, 0) is 5.41 Å². The van der Waals surface area contributed by atoms with E-state index in [-0.39, 0.29) is 11.3 Å². The zero-order valence-corrected chi connectivity index (χ0v) is 11.2. The Hall–Kier alpha value is -1.35. The number of nitrogens with zero attached hydrogens (tertiary/aromatic N) is 1. The number of carbonyl (C=O) groups is 1. The first kappa shape index (κ1) is 13.7. The third-order valence-electron chi connectivity index (χ3n) is 3.09. The normalized spacial score (nSPS) is 11.4. The van der Waals surface area contributed by atoms with Crippen molar-refractivity contribution < 1.29 is 4.79 Å². The highest BCUT2D eigenvalue weighted by Crippen LogP contribution is 2.26. The van der Waals surface area contributed by atoms with E-state index in [1.165, 1.54) is 5.56 Å². The van der Waals surface area contributed by atoms with Gasteiger partial charge < -0.3 is 10.6 Å². The van der Waals surface area contributed by atoms with Crippen molar-refractivity contribution in [1.82, 2.24) is 4.90 Å². The van der Waals surface area contributed by atoms with E-state index in [0.29, 0.717) is 6.54 Å². The molecule has 3 nitrogen and oxygen atoms in total. The van der Waals surface area contributed by atoms with E-state index < -0.39 is 0 Å². The molecular formula is C14H22N2O. The maximum Gasteiger partial charge on any atom is 0.253 e. The molecule has 0 atom stereocenters. The van der Waals surface area contributed by atoms with Crippen molar-refractivity contribution in [2.24, 2.45) is 5.73 Å². The lowest BCUT2D eigenvalue weighted by Gasteiger charge is -2.24. The van der Waals surface area contributed by atoms with Crippen molar-refractivity contribution in [2.75, 3.05) is 20.6 Å². The summed E-state index contributed by atoms with van der Waals surface area (Å²) in [5, 5.41) is 0. The van der Waals surface area contributed by atoms with E-state index in [9.17, 15) is 4.79 Å². The predicted molar refractivity (Wildman–Crippen MR) is 71.2 cm³/mol. The number of nitrogens with two attached hydrogens (primary N) is 1. The molecule has 0 aliphatic rings. The second-order valence-electron chi connectivity index (χ2n) is 5.20. The molecule has 1 amide bonds. The smallest absolute Gasteiger partial charge is 0.253 e. The summed E-state index contributed by atoms with van der Waals surface area (Å²) in [5.41, 5.74) is 7.62. The van der Waals surface area contributed by atoms with Gasteiger partial charge in [-0.05, 0) is 36.1 Å². The number of rotatable bonds is 4. The Morgan fingerprint density at radius 3 is 2.18 bits per heavy atom. The van der Waals surface area contributed by atoms with Crippen LogP contribution in [0.25, 0.3) is 0 Å². The molecule has 2 N–H and O–H groups in total. The molecule has 0 spiro atoms. The Morgan fingerprint density at radius 1 is 1.24 bits per heavy atom. The van der Waals surface area contributed by atoms with Crippen LogP contribution in [0.3, 0.4) is 0 Å². The lowest BCUT2D eigenvalue weighted by Crippen LogP contribution is -2.23. The minimum absolute atomic E-state index is 0.0354. The van der Waals surface area contributed by atoms with Crippen LogP contribution in [-0.4, -0.2) is 31.4 Å². The molecule has 1 rings (SSSR count). The summed E-state index contributed by atoms with van der Waals surface area (Å²) in [6, 6.07) is 7.81. The lowest BCUT2D eigenvalue weighted by molar-refractivity contribution is 0.0827. The molecular weight excluding hydrogens is 212 g/mol. The second-order valence-corrected chi connectivity index (χ2v) is 5.20. The van der Waals surface area contributed by atoms with Gasteiger partial charge in [0.2, 0.25) is 0 Å². The van der Waals surface area contributed by atoms with Crippen molar-refractivity contribution in [3.8, 4) is 0 Å². The van der Waals surface area contributed by atoms with Crippen LogP contribution in [0, 0.1) is 0 Å². The van der Waals surface area contributed by atoms with Crippen LogP contribution in [0.1, 0.15) is 36.2 Å². The van der Waals surface area contributed by atoms with E-state index in [4.69, 9.17) is 5.73 Å². The minimum Gasteiger partial charge on any atom is -0.345 e. The fourth-order valence-electron chi connectivity index (χ4n) is 1.83. The highest BCUT2D eigenvalue weighted by atomic mass is 16.2. The van der Waals surface area contributed by atoms with Crippen molar-refractivity contribution in [2.45, 2.75) is 25.7 Å². The average Bonchev–Trinajstić information content (AvgIpc) is 2.28. The summed E-state index contributed by atoms with van der Waals surface area (Å²) in [5.74, 6) is 0.0354. The molecule has 0 fully saturated rings. The first-order valence-electron chi connectivity index (χ1n) is 5.91. The van der Waals surface area contributed by atoms with Gasteiger partial charge in [-0.2, -0.15) is 0 Å². The molecule has 0 saturated carbocycles. The maximum atomic E-state index is 11.7. The topological polar surface area (TPSA) is 46.3 Å². The number of hydrogen-bond donors (Lipinski definition) is 1. The Kier molecular flexibility index (Phi) is 4.29. The van der Waals surface area contributed by atoms with E-state index >= 15 is 0 Å². The van der Waals surface area contributed by atoms with Crippen LogP contribution in [0.15, 0.2) is 24.3 Å². The van der Waals surface area contributed by atoms with Crippen LogP contribution >= 0.6 is 0 Å². The molecule has 0 bridgehead atoms. The highest BCUT2D eigenvalue weighted by Gasteiger charge is 2.19. The molecule has 0 aliphatic carbocycles. The summed E-state index contributed by atoms with van der Waals surface area (Å²) in [4.78, 5) is 13.3. The summed E-state index contributed by atoms with van der Waals surface area (Å²) in [7, 11) is 3.52. The molecule has 0 radical (unpaired) electrons. The molecule has 0 heterocycles. The second kappa shape index (κ2) is 5.32. The van der Waals surface area contributed by atoms with Gasteiger partial charge in [0.15, 0.2) is 0 Å². The standard InChI is InChI=1S/C14H22N2O/c1-14(2,9-10-15)12-7-5-11(6-8-12)13(17)16(3)4/h5-8H,9-10,15H2,1-4H3. The van der Waals surface area contributed by atoms with Crippen molar-refractivity contribution in [1.29, 1.82) is 0 Å². The molecule has 0 aliphatic heterocycles. The van der Waals surface area contributed by atoms with Gasteiger partial charge in [-0.1, -0.05) is 26.0 Å². The number of hydrogen-bond acceptors (Lipinski definition) is 2. The van der Waals surface area contributed by atoms with Crippen LogP contribution in [0.2, 0.25) is 0 Å². The SMILES string of the molecule is CN(C)C(=O)c1ccc(C(C)(C)CCN)cc1. The largest absolute Gasteiger partial charge is 0.345 e. The number of amides is 1. The van der Waals surface area contributed by atoms with Gasteiger partial charge >= 0.3 is 0 Å². The van der Waals surface area contributed by atoms with Gasteiger partial charge in [-0.25, -0.2) is 0 Å². The molecule has 0 saturated heterocycles.